The van der Waals surface area contributed by atoms with Gasteiger partial charge in [0.25, 0.3) is 0 Å². The fraction of sp³-hybridized carbons (Fsp3) is 0.188. The SMILES string of the molecule is CC(Sc1nnc(Nc2ccccc2)s1)C(=O)NCc1cccs1. The van der Waals surface area contributed by atoms with E-state index in [4.69, 9.17) is 0 Å². The summed E-state index contributed by atoms with van der Waals surface area (Å²) in [7, 11) is 0. The van der Waals surface area contributed by atoms with Gasteiger partial charge < -0.3 is 10.6 Å². The Kier molecular flexibility index (Phi) is 5.84. The Balaban J connectivity index is 1.51. The van der Waals surface area contributed by atoms with E-state index in [0.29, 0.717) is 6.54 Å². The average molecular weight is 377 g/mol. The number of thiophene rings is 1. The van der Waals surface area contributed by atoms with E-state index < -0.39 is 0 Å². The second-order valence-electron chi connectivity index (χ2n) is 4.92. The van der Waals surface area contributed by atoms with Crippen LogP contribution in [0.5, 0.6) is 0 Å². The number of nitrogens with one attached hydrogen (secondary N) is 2. The molecule has 1 unspecified atom stereocenters. The van der Waals surface area contributed by atoms with Gasteiger partial charge in [0.15, 0.2) is 4.34 Å². The Morgan fingerprint density at radius 3 is 2.79 bits per heavy atom. The van der Waals surface area contributed by atoms with Gasteiger partial charge in [-0.2, -0.15) is 0 Å². The summed E-state index contributed by atoms with van der Waals surface area (Å²) in [4.78, 5) is 13.3. The van der Waals surface area contributed by atoms with Gasteiger partial charge in [0.1, 0.15) is 0 Å². The molecular weight excluding hydrogens is 360 g/mol. The molecule has 0 spiro atoms. The number of nitrogens with zero attached hydrogens (tertiary/aromatic N) is 2. The van der Waals surface area contributed by atoms with Gasteiger partial charge in [-0.3, -0.25) is 4.79 Å². The highest BCUT2D eigenvalue weighted by Gasteiger charge is 2.17. The molecule has 2 N–H and O–H groups in total. The van der Waals surface area contributed by atoms with Crippen LogP contribution in [-0.4, -0.2) is 21.4 Å². The lowest BCUT2D eigenvalue weighted by atomic mass is 10.3. The van der Waals surface area contributed by atoms with Crippen molar-refractivity contribution in [1.82, 2.24) is 15.5 Å². The van der Waals surface area contributed by atoms with Gasteiger partial charge in [0.2, 0.25) is 11.0 Å². The zero-order valence-electron chi connectivity index (χ0n) is 12.9. The minimum Gasteiger partial charge on any atom is -0.350 e. The highest BCUT2D eigenvalue weighted by Crippen LogP contribution is 2.30. The van der Waals surface area contributed by atoms with Gasteiger partial charge in [0.05, 0.1) is 11.8 Å². The number of para-hydroxylation sites is 1. The van der Waals surface area contributed by atoms with E-state index in [1.54, 1.807) is 11.3 Å². The predicted molar refractivity (Wildman–Crippen MR) is 101 cm³/mol. The van der Waals surface area contributed by atoms with Crippen molar-refractivity contribution >= 4 is 51.2 Å². The summed E-state index contributed by atoms with van der Waals surface area (Å²) in [6.45, 7) is 2.44. The van der Waals surface area contributed by atoms with Crippen molar-refractivity contribution in [3.8, 4) is 0 Å². The van der Waals surface area contributed by atoms with Crippen LogP contribution in [0, 0.1) is 0 Å². The Morgan fingerprint density at radius 1 is 1.21 bits per heavy atom. The number of anilines is 2. The van der Waals surface area contributed by atoms with Crippen LogP contribution in [0.3, 0.4) is 0 Å². The Labute approximate surface area is 152 Å². The first-order chi connectivity index (χ1) is 11.7. The molecule has 124 valence electrons. The van der Waals surface area contributed by atoms with E-state index in [0.717, 1.165) is 20.0 Å². The highest BCUT2D eigenvalue weighted by atomic mass is 32.2. The zero-order valence-corrected chi connectivity index (χ0v) is 15.4. The van der Waals surface area contributed by atoms with E-state index in [9.17, 15) is 4.79 Å². The highest BCUT2D eigenvalue weighted by molar-refractivity contribution is 8.02. The Bertz CT molecular complexity index is 774. The molecule has 2 heterocycles. The van der Waals surface area contributed by atoms with Gasteiger partial charge in [-0.25, -0.2) is 0 Å². The van der Waals surface area contributed by atoms with Gasteiger partial charge in [-0.15, -0.1) is 21.5 Å². The molecule has 0 fully saturated rings. The molecule has 0 saturated carbocycles. The largest absolute Gasteiger partial charge is 0.350 e. The van der Waals surface area contributed by atoms with Crippen molar-refractivity contribution < 1.29 is 4.79 Å². The maximum atomic E-state index is 12.2. The fourth-order valence-electron chi connectivity index (χ4n) is 1.89. The van der Waals surface area contributed by atoms with E-state index in [2.05, 4.69) is 20.8 Å². The summed E-state index contributed by atoms with van der Waals surface area (Å²) < 4.78 is 0.771. The van der Waals surface area contributed by atoms with Crippen molar-refractivity contribution in [3.63, 3.8) is 0 Å². The molecular formula is C16H16N4OS3. The first-order valence-electron chi connectivity index (χ1n) is 7.33. The zero-order chi connectivity index (χ0) is 16.8. The van der Waals surface area contributed by atoms with Crippen LogP contribution < -0.4 is 10.6 Å². The standard InChI is InChI=1S/C16H16N4OS3/c1-11(14(21)17-10-13-8-5-9-22-13)23-16-20-19-15(24-16)18-12-6-3-2-4-7-12/h2-9,11H,10H2,1H3,(H,17,21)(H,18,19). The van der Waals surface area contributed by atoms with Crippen LogP contribution in [0.25, 0.3) is 0 Å². The lowest BCUT2D eigenvalue weighted by molar-refractivity contribution is -0.120. The lowest BCUT2D eigenvalue weighted by Crippen LogP contribution is -2.30. The molecule has 0 bridgehead atoms. The van der Waals surface area contributed by atoms with Crippen molar-refractivity contribution in [2.24, 2.45) is 0 Å². The first kappa shape index (κ1) is 16.9. The summed E-state index contributed by atoms with van der Waals surface area (Å²) in [5, 5.41) is 16.9. The molecule has 0 radical (unpaired) electrons. The number of thioether (sulfide) groups is 1. The summed E-state index contributed by atoms with van der Waals surface area (Å²) in [6.07, 6.45) is 0. The summed E-state index contributed by atoms with van der Waals surface area (Å²) >= 11 is 4.49. The normalized spacial score (nSPS) is 11.9. The van der Waals surface area contributed by atoms with Crippen LogP contribution in [-0.2, 0) is 11.3 Å². The maximum Gasteiger partial charge on any atom is 0.233 e. The van der Waals surface area contributed by atoms with Gasteiger partial charge in [-0.1, -0.05) is 47.4 Å². The number of hydrogen-bond acceptors (Lipinski definition) is 7. The first-order valence-corrected chi connectivity index (χ1v) is 9.90. The number of benzene rings is 1. The fourth-order valence-corrected chi connectivity index (χ4v) is 4.47. The molecule has 3 rings (SSSR count). The number of amides is 1. The minimum atomic E-state index is -0.220. The third-order valence-electron chi connectivity index (χ3n) is 3.10. The number of carbonyl (C=O) groups is 1. The van der Waals surface area contributed by atoms with Crippen LogP contribution in [0.1, 0.15) is 11.8 Å². The molecule has 5 nitrogen and oxygen atoms in total. The topological polar surface area (TPSA) is 66.9 Å². The molecule has 3 aromatic rings. The molecule has 0 aliphatic heterocycles. The lowest BCUT2D eigenvalue weighted by Gasteiger charge is -2.09. The van der Waals surface area contributed by atoms with E-state index in [-0.39, 0.29) is 11.2 Å². The average Bonchev–Trinajstić information content (AvgIpc) is 3.25. The number of rotatable bonds is 7. The van der Waals surface area contributed by atoms with Gasteiger partial charge >= 0.3 is 0 Å². The van der Waals surface area contributed by atoms with E-state index >= 15 is 0 Å². The third-order valence-corrected chi connectivity index (χ3v) is 5.99. The smallest absolute Gasteiger partial charge is 0.233 e. The Hall–Kier alpha value is -1.90. The number of carbonyl (C=O) groups excluding carboxylic acids is 1. The van der Waals surface area contributed by atoms with Gasteiger partial charge in [0, 0.05) is 10.6 Å². The Morgan fingerprint density at radius 2 is 2.04 bits per heavy atom. The molecule has 24 heavy (non-hydrogen) atoms. The van der Waals surface area contributed by atoms with Crippen molar-refractivity contribution in [2.75, 3.05) is 5.32 Å². The predicted octanol–water partition coefficient (Wildman–Crippen LogP) is 4.14. The van der Waals surface area contributed by atoms with E-state index in [1.807, 2.05) is 54.8 Å². The summed E-state index contributed by atoms with van der Waals surface area (Å²) in [6, 6.07) is 13.8. The molecule has 2 aromatic heterocycles. The summed E-state index contributed by atoms with van der Waals surface area (Å²) in [5.41, 5.74) is 0.965. The summed E-state index contributed by atoms with van der Waals surface area (Å²) in [5.74, 6) is 0.00108. The molecule has 0 aliphatic carbocycles. The van der Waals surface area contributed by atoms with Gasteiger partial charge in [-0.05, 0) is 30.5 Å². The molecule has 0 saturated heterocycles. The van der Waals surface area contributed by atoms with Crippen LogP contribution >= 0.6 is 34.4 Å². The second kappa shape index (κ2) is 8.27. The quantitative estimate of drug-likeness (QED) is 0.607. The van der Waals surface area contributed by atoms with Crippen LogP contribution in [0.15, 0.2) is 52.2 Å². The van der Waals surface area contributed by atoms with Crippen LogP contribution in [0.2, 0.25) is 0 Å². The number of aromatic nitrogens is 2. The molecule has 8 heteroatoms. The molecule has 0 aliphatic rings. The van der Waals surface area contributed by atoms with Crippen LogP contribution in [0.4, 0.5) is 10.8 Å². The van der Waals surface area contributed by atoms with Crippen molar-refractivity contribution in [3.05, 3.63) is 52.7 Å². The second-order valence-corrected chi connectivity index (χ2v) is 8.52. The monoisotopic (exact) mass is 376 g/mol. The van der Waals surface area contributed by atoms with Crippen molar-refractivity contribution in [1.29, 1.82) is 0 Å². The molecule has 1 amide bonds. The number of hydrogen-bond donors (Lipinski definition) is 2. The molecule has 1 atom stereocenters. The molecule has 1 aromatic carbocycles. The minimum absolute atomic E-state index is 0.00108. The van der Waals surface area contributed by atoms with Crippen molar-refractivity contribution in [2.45, 2.75) is 23.1 Å². The third kappa shape index (κ3) is 4.80. The van der Waals surface area contributed by atoms with E-state index in [1.165, 1.54) is 23.1 Å². The maximum absolute atomic E-state index is 12.2.